The molecule has 0 unspecified atom stereocenters. The van der Waals surface area contributed by atoms with Crippen LogP contribution in [-0.2, 0) is 0 Å². The number of halogens is 3. The normalized spacial score (nSPS) is 15.5. The van der Waals surface area contributed by atoms with Gasteiger partial charge < -0.3 is 5.32 Å². The van der Waals surface area contributed by atoms with Gasteiger partial charge in [0.05, 0.1) is 0 Å². The largest absolute Gasteiger partial charge is 0.314 e. The highest BCUT2D eigenvalue weighted by molar-refractivity contribution is 7.99. The molecule has 0 aromatic heterocycles. The third kappa shape index (κ3) is 7.16. The third-order valence-electron chi connectivity index (χ3n) is 4.74. The van der Waals surface area contributed by atoms with Crippen molar-refractivity contribution >= 4 is 48.2 Å². The van der Waals surface area contributed by atoms with Crippen molar-refractivity contribution in [1.29, 1.82) is 0 Å². The molecule has 0 radical (unpaired) electrons. The monoisotopic (exact) mass is 446 g/mol. The van der Waals surface area contributed by atoms with Gasteiger partial charge in [0.25, 0.3) is 0 Å². The van der Waals surface area contributed by atoms with Crippen molar-refractivity contribution in [2.24, 2.45) is 0 Å². The van der Waals surface area contributed by atoms with Gasteiger partial charge in [-0.3, -0.25) is 4.90 Å². The molecule has 3 rings (SSSR count). The highest BCUT2D eigenvalue weighted by Gasteiger charge is 2.23. The Balaban J connectivity index is 0.00000182. The van der Waals surface area contributed by atoms with E-state index in [1.54, 1.807) is 0 Å². The summed E-state index contributed by atoms with van der Waals surface area (Å²) in [6.07, 6.45) is 3.75. The molecule has 2 aromatic carbocycles. The maximum Gasteiger partial charge on any atom is 0.0406 e. The molecule has 1 aliphatic heterocycles. The van der Waals surface area contributed by atoms with Gasteiger partial charge in [0, 0.05) is 47.0 Å². The fourth-order valence-corrected chi connectivity index (χ4v) is 4.53. The van der Waals surface area contributed by atoms with E-state index in [1.807, 2.05) is 23.9 Å². The molecule has 1 N–H and O–H groups in total. The zero-order valence-electron chi connectivity index (χ0n) is 15.7. The molecule has 1 aliphatic rings. The van der Waals surface area contributed by atoms with Crippen molar-refractivity contribution in [2.75, 3.05) is 26.2 Å². The summed E-state index contributed by atoms with van der Waals surface area (Å²) < 4.78 is 0. The molecule has 0 aliphatic carbocycles. The van der Waals surface area contributed by atoms with Gasteiger partial charge in [0.1, 0.15) is 0 Å². The second kappa shape index (κ2) is 12.9. The Kier molecular flexibility index (Phi) is 11.8. The first-order valence-corrected chi connectivity index (χ1v) is 10.4. The summed E-state index contributed by atoms with van der Waals surface area (Å²) in [4.78, 5) is 5.27. The standard InChI is InChI=1S/C21H27ClN2S.2ClH/c1-2-3-7-20(24-15-13-23-14-16-24)19-6-4-5-8-21(19)25-18-11-9-17(22)10-12-18;;/h4-6,8-12,20,23H,2-3,7,13-16H2,1H3;2*1H/t20-;;/m0../s1. The fraction of sp³-hybridized carbons (Fsp3) is 0.429. The molecule has 6 heteroatoms. The van der Waals surface area contributed by atoms with Crippen LogP contribution in [0.1, 0.15) is 37.8 Å². The number of hydrogen-bond donors (Lipinski definition) is 1. The van der Waals surface area contributed by atoms with Gasteiger partial charge in [0.2, 0.25) is 0 Å². The molecule has 2 aromatic rings. The summed E-state index contributed by atoms with van der Waals surface area (Å²) in [6, 6.07) is 17.6. The number of piperazine rings is 1. The number of nitrogens with one attached hydrogen (secondary N) is 1. The van der Waals surface area contributed by atoms with E-state index in [2.05, 4.69) is 53.5 Å². The van der Waals surface area contributed by atoms with Crippen molar-refractivity contribution in [3.63, 3.8) is 0 Å². The number of unbranched alkanes of at least 4 members (excludes halogenated alkanes) is 1. The van der Waals surface area contributed by atoms with E-state index in [9.17, 15) is 0 Å². The third-order valence-corrected chi connectivity index (χ3v) is 6.09. The zero-order chi connectivity index (χ0) is 17.5. The first-order chi connectivity index (χ1) is 12.3. The molecule has 1 fully saturated rings. The molecule has 1 atom stereocenters. The fourth-order valence-electron chi connectivity index (χ4n) is 3.40. The molecule has 0 bridgehead atoms. The van der Waals surface area contributed by atoms with Crippen molar-refractivity contribution in [2.45, 2.75) is 42.0 Å². The zero-order valence-corrected chi connectivity index (χ0v) is 18.9. The van der Waals surface area contributed by atoms with Crippen LogP contribution >= 0.6 is 48.2 Å². The molecular formula is C21H29Cl3N2S. The summed E-state index contributed by atoms with van der Waals surface area (Å²) in [5.74, 6) is 0. The summed E-state index contributed by atoms with van der Waals surface area (Å²) in [7, 11) is 0. The van der Waals surface area contributed by atoms with Crippen LogP contribution in [0.5, 0.6) is 0 Å². The van der Waals surface area contributed by atoms with Crippen LogP contribution in [0, 0.1) is 0 Å². The van der Waals surface area contributed by atoms with Crippen LogP contribution in [0.3, 0.4) is 0 Å². The first-order valence-electron chi connectivity index (χ1n) is 9.25. The summed E-state index contributed by atoms with van der Waals surface area (Å²) in [5, 5.41) is 4.27. The maximum absolute atomic E-state index is 6.03. The Morgan fingerprint density at radius 2 is 1.70 bits per heavy atom. The Morgan fingerprint density at radius 3 is 2.37 bits per heavy atom. The van der Waals surface area contributed by atoms with E-state index >= 15 is 0 Å². The summed E-state index contributed by atoms with van der Waals surface area (Å²) in [5.41, 5.74) is 1.47. The van der Waals surface area contributed by atoms with Gasteiger partial charge >= 0.3 is 0 Å². The van der Waals surface area contributed by atoms with Gasteiger partial charge in [-0.1, -0.05) is 61.3 Å². The Hall–Kier alpha value is -0.420. The lowest BCUT2D eigenvalue weighted by Gasteiger charge is -2.36. The molecule has 150 valence electrons. The van der Waals surface area contributed by atoms with E-state index in [0.29, 0.717) is 6.04 Å². The predicted molar refractivity (Wildman–Crippen MR) is 123 cm³/mol. The molecule has 2 nitrogen and oxygen atoms in total. The van der Waals surface area contributed by atoms with Crippen LogP contribution in [-0.4, -0.2) is 31.1 Å². The van der Waals surface area contributed by atoms with Gasteiger partial charge in [-0.15, -0.1) is 24.8 Å². The average Bonchev–Trinajstić information content (AvgIpc) is 2.66. The highest BCUT2D eigenvalue weighted by Crippen LogP contribution is 2.37. The van der Waals surface area contributed by atoms with E-state index in [4.69, 9.17) is 11.6 Å². The second-order valence-electron chi connectivity index (χ2n) is 6.54. The van der Waals surface area contributed by atoms with Crippen molar-refractivity contribution < 1.29 is 0 Å². The molecular weight excluding hydrogens is 419 g/mol. The first kappa shape index (κ1) is 24.6. The SMILES string of the molecule is CCCC[C@@H](c1ccccc1Sc1ccc(Cl)cc1)N1CCNCC1.Cl.Cl. The van der Waals surface area contributed by atoms with Crippen molar-refractivity contribution in [3.05, 3.63) is 59.1 Å². The summed E-state index contributed by atoms with van der Waals surface area (Å²) >= 11 is 7.88. The molecule has 27 heavy (non-hydrogen) atoms. The Labute approximate surface area is 185 Å². The lowest BCUT2D eigenvalue weighted by molar-refractivity contribution is 0.161. The minimum atomic E-state index is 0. The van der Waals surface area contributed by atoms with Gasteiger partial charge in [0.15, 0.2) is 0 Å². The van der Waals surface area contributed by atoms with Crippen LogP contribution in [0.25, 0.3) is 0 Å². The highest BCUT2D eigenvalue weighted by atomic mass is 35.5. The average molecular weight is 448 g/mol. The topological polar surface area (TPSA) is 15.3 Å². The molecule has 0 spiro atoms. The number of nitrogens with zero attached hydrogens (tertiary/aromatic N) is 1. The van der Waals surface area contributed by atoms with Gasteiger partial charge in [-0.2, -0.15) is 0 Å². The second-order valence-corrected chi connectivity index (χ2v) is 8.09. The number of rotatable bonds is 7. The molecule has 1 saturated heterocycles. The van der Waals surface area contributed by atoms with Crippen LogP contribution in [0.15, 0.2) is 58.3 Å². The van der Waals surface area contributed by atoms with Gasteiger partial charge in [-0.25, -0.2) is 0 Å². The minimum absolute atomic E-state index is 0. The van der Waals surface area contributed by atoms with Crippen LogP contribution in [0.4, 0.5) is 0 Å². The Bertz CT molecular complexity index is 661. The predicted octanol–water partition coefficient (Wildman–Crippen LogP) is 6.47. The summed E-state index contributed by atoms with van der Waals surface area (Å²) in [6.45, 7) is 6.73. The van der Waals surface area contributed by atoms with Gasteiger partial charge in [-0.05, 0) is 42.3 Å². The van der Waals surface area contributed by atoms with Crippen LogP contribution in [0.2, 0.25) is 5.02 Å². The minimum Gasteiger partial charge on any atom is -0.314 e. The van der Waals surface area contributed by atoms with Crippen LogP contribution < -0.4 is 5.32 Å². The van der Waals surface area contributed by atoms with E-state index in [0.717, 1.165) is 31.2 Å². The molecule has 0 saturated carbocycles. The number of benzene rings is 2. The van der Waals surface area contributed by atoms with Crippen molar-refractivity contribution in [1.82, 2.24) is 10.2 Å². The van der Waals surface area contributed by atoms with E-state index in [1.165, 1.54) is 34.6 Å². The van der Waals surface area contributed by atoms with E-state index < -0.39 is 0 Å². The smallest absolute Gasteiger partial charge is 0.0406 e. The van der Waals surface area contributed by atoms with Crippen molar-refractivity contribution in [3.8, 4) is 0 Å². The quantitative estimate of drug-likeness (QED) is 0.523. The van der Waals surface area contributed by atoms with E-state index in [-0.39, 0.29) is 24.8 Å². The molecule has 0 amide bonds. The lowest BCUT2D eigenvalue weighted by Crippen LogP contribution is -2.45. The maximum atomic E-state index is 6.03. The molecule has 1 heterocycles. The number of hydrogen-bond acceptors (Lipinski definition) is 3. The lowest BCUT2D eigenvalue weighted by atomic mass is 9.98. The Morgan fingerprint density at radius 1 is 1.04 bits per heavy atom.